The first-order valence-corrected chi connectivity index (χ1v) is 8.65. The minimum atomic E-state index is -1.37. The normalized spacial score (nSPS) is 27.5. The average Bonchev–Trinajstić information content (AvgIpc) is 2.70. The smallest absolute Gasteiger partial charge is 0.293 e. The number of carbonyl (C=O) groups is 1. The molecule has 0 saturated heterocycles. The van der Waals surface area contributed by atoms with Gasteiger partial charge in [-0.2, -0.15) is 0 Å². The Morgan fingerprint density at radius 1 is 1.39 bits per heavy atom. The van der Waals surface area contributed by atoms with Crippen LogP contribution in [0.2, 0.25) is 0 Å². The third-order valence-corrected chi connectivity index (χ3v) is 4.71. The van der Waals surface area contributed by atoms with E-state index >= 15 is 0 Å². The summed E-state index contributed by atoms with van der Waals surface area (Å²) in [6, 6.07) is 0. The van der Waals surface area contributed by atoms with Gasteiger partial charge < -0.3 is 25.9 Å². The van der Waals surface area contributed by atoms with Crippen molar-refractivity contribution in [1.82, 2.24) is 5.32 Å². The average molecular weight is 324 g/mol. The fraction of sp³-hybridized carbons (Fsp3) is 0.812. The van der Waals surface area contributed by atoms with Crippen molar-refractivity contribution in [2.45, 2.75) is 75.2 Å². The second kappa shape index (κ2) is 8.94. The lowest BCUT2D eigenvalue weighted by Crippen LogP contribution is -2.46. The van der Waals surface area contributed by atoms with E-state index in [0.717, 1.165) is 32.1 Å². The molecule has 2 atom stereocenters. The maximum Gasteiger partial charge on any atom is 0.293 e. The standard InChI is InChI=1S/C16H29BN2O4/c18-16(7-2-1-3-8-16)10-12(20)11-19-14-6-4-5-13(23-17-14)9-15(21)22/h4-5,13-15,17,19,21-22H,1-3,6-11,18H2/t13-,14+/m1/s1. The maximum absolute atomic E-state index is 12.2. The molecule has 0 spiro atoms. The van der Waals surface area contributed by atoms with E-state index in [0.29, 0.717) is 20.4 Å². The van der Waals surface area contributed by atoms with E-state index in [1.165, 1.54) is 6.42 Å². The number of nitrogens with one attached hydrogen (secondary N) is 1. The van der Waals surface area contributed by atoms with Crippen molar-refractivity contribution in [3.8, 4) is 0 Å². The van der Waals surface area contributed by atoms with Gasteiger partial charge in [-0.05, 0) is 19.3 Å². The molecule has 0 unspecified atom stereocenters. The van der Waals surface area contributed by atoms with Gasteiger partial charge in [0.05, 0.1) is 12.6 Å². The van der Waals surface area contributed by atoms with E-state index in [9.17, 15) is 4.79 Å². The number of aliphatic hydroxyl groups is 2. The van der Waals surface area contributed by atoms with Crippen molar-refractivity contribution in [2.24, 2.45) is 5.73 Å². The summed E-state index contributed by atoms with van der Waals surface area (Å²) in [7, 11) is 0.450. The van der Waals surface area contributed by atoms with E-state index in [4.69, 9.17) is 20.6 Å². The monoisotopic (exact) mass is 324 g/mol. The first-order valence-electron chi connectivity index (χ1n) is 8.65. The molecule has 0 aromatic carbocycles. The van der Waals surface area contributed by atoms with Crippen molar-refractivity contribution in [1.29, 1.82) is 0 Å². The molecular weight excluding hydrogens is 295 g/mol. The summed E-state index contributed by atoms with van der Waals surface area (Å²) >= 11 is 0. The molecule has 2 aliphatic rings. The number of nitrogens with two attached hydrogens (primary N) is 1. The van der Waals surface area contributed by atoms with Crippen LogP contribution in [0.5, 0.6) is 0 Å². The Hall–Kier alpha value is -0.725. The zero-order valence-corrected chi connectivity index (χ0v) is 13.7. The first kappa shape index (κ1) is 18.6. The lowest BCUT2D eigenvalue weighted by molar-refractivity contribution is -0.119. The molecule has 6 nitrogen and oxygen atoms in total. The van der Waals surface area contributed by atoms with Crippen molar-refractivity contribution in [3.05, 3.63) is 12.2 Å². The second-order valence-electron chi connectivity index (χ2n) is 6.97. The fourth-order valence-corrected chi connectivity index (χ4v) is 3.40. The highest BCUT2D eigenvalue weighted by molar-refractivity contribution is 6.30. The van der Waals surface area contributed by atoms with Crippen LogP contribution in [-0.2, 0) is 9.45 Å². The van der Waals surface area contributed by atoms with E-state index in [2.05, 4.69) is 5.32 Å². The van der Waals surface area contributed by atoms with E-state index in [-0.39, 0.29) is 29.8 Å². The summed E-state index contributed by atoms with van der Waals surface area (Å²) in [5, 5.41) is 21.2. The predicted molar refractivity (Wildman–Crippen MR) is 90.0 cm³/mol. The number of carbonyl (C=O) groups excluding carboxylic acids is 1. The topological polar surface area (TPSA) is 105 Å². The molecule has 0 aromatic heterocycles. The first-order chi connectivity index (χ1) is 11.0. The summed E-state index contributed by atoms with van der Waals surface area (Å²) in [6.45, 7) is 0.314. The SMILES string of the molecule is NC1(CC(=O)CN[C@@H]2BO[C@@H](CC(O)O)C=CC2)CCCCC1. The summed E-state index contributed by atoms with van der Waals surface area (Å²) < 4.78 is 5.62. The molecule has 1 aliphatic heterocycles. The lowest BCUT2D eigenvalue weighted by Gasteiger charge is -2.33. The van der Waals surface area contributed by atoms with Gasteiger partial charge in [-0.25, -0.2) is 0 Å². The van der Waals surface area contributed by atoms with E-state index in [1.54, 1.807) is 0 Å². The Morgan fingerprint density at radius 2 is 2.13 bits per heavy atom. The zero-order chi connectivity index (χ0) is 16.7. The van der Waals surface area contributed by atoms with Gasteiger partial charge in [-0.15, -0.1) is 0 Å². The Morgan fingerprint density at radius 3 is 2.83 bits per heavy atom. The van der Waals surface area contributed by atoms with Gasteiger partial charge in [0, 0.05) is 24.3 Å². The van der Waals surface area contributed by atoms with Gasteiger partial charge in [0.1, 0.15) is 5.78 Å². The lowest BCUT2D eigenvalue weighted by atomic mass is 9.79. The number of rotatable bonds is 7. The molecule has 1 saturated carbocycles. The van der Waals surface area contributed by atoms with Gasteiger partial charge >= 0.3 is 0 Å². The quantitative estimate of drug-likeness (QED) is 0.297. The van der Waals surface area contributed by atoms with Crippen LogP contribution in [0, 0.1) is 0 Å². The minimum absolute atomic E-state index is 0.0658. The van der Waals surface area contributed by atoms with Crippen molar-refractivity contribution in [2.75, 3.05) is 6.54 Å². The number of ketones is 1. The maximum atomic E-state index is 12.2. The van der Waals surface area contributed by atoms with Gasteiger partial charge in [-0.1, -0.05) is 31.4 Å². The highest BCUT2D eigenvalue weighted by Gasteiger charge is 2.30. The molecule has 5 N–H and O–H groups in total. The van der Waals surface area contributed by atoms with E-state index in [1.807, 2.05) is 12.2 Å². The Bertz CT molecular complexity index is 411. The van der Waals surface area contributed by atoms with Crippen molar-refractivity contribution in [3.63, 3.8) is 0 Å². The van der Waals surface area contributed by atoms with Crippen LogP contribution >= 0.6 is 0 Å². The molecule has 0 amide bonds. The third kappa shape index (κ3) is 6.73. The molecule has 1 aliphatic carbocycles. The second-order valence-corrected chi connectivity index (χ2v) is 6.97. The highest BCUT2D eigenvalue weighted by atomic mass is 16.5. The molecule has 0 aromatic rings. The van der Waals surface area contributed by atoms with Crippen LogP contribution in [0.25, 0.3) is 0 Å². The minimum Gasteiger partial charge on any atom is -0.432 e. The van der Waals surface area contributed by atoms with Crippen LogP contribution in [0.15, 0.2) is 12.2 Å². The fourth-order valence-electron chi connectivity index (χ4n) is 3.40. The summed E-state index contributed by atoms with van der Waals surface area (Å²) in [6.07, 6.45) is 8.89. The molecule has 0 bridgehead atoms. The molecule has 2 rings (SSSR count). The molecule has 1 heterocycles. The molecule has 130 valence electrons. The molecule has 23 heavy (non-hydrogen) atoms. The summed E-state index contributed by atoms with van der Waals surface area (Å²) in [5.41, 5.74) is 6.02. The third-order valence-electron chi connectivity index (χ3n) is 4.71. The van der Waals surface area contributed by atoms with Crippen LogP contribution < -0.4 is 11.1 Å². The van der Waals surface area contributed by atoms with Crippen LogP contribution in [0.3, 0.4) is 0 Å². The Kier molecular flexibility index (Phi) is 7.24. The number of Topliss-reactive ketones (excluding diaryl/α,β-unsaturated/α-hetero) is 1. The largest absolute Gasteiger partial charge is 0.432 e. The number of aliphatic hydroxyl groups excluding tert-OH is 1. The highest BCUT2D eigenvalue weighted by Crippen LogP contribution is 2.28. The van der Waals surface area contributed by atoms with Gasteiger partial charge in [0.2, 0.25) is 0 Å². The van der Waals surface area contributed by atoms with Crippen molar-refractivity contribution < 1.29 is 19.7 Å². The van der Waals surface area contributed by atoms with Crippen LogP contribution in [0.1, 0.15) is 51.4 Å². The molecule has 7 heteroatoms. The van der Waals surface area contributed by atoms with Gasteiger partial charge in [0.25, 0.3) is 7.48 Å². The molecular formula is C16H29BN2O4. The number of hydrogen-bond acceptors (Lipinski definition) is 6. The summed E-state index contributed by atoms with van der Waals surface area (Å²) in [5.74, 6) is 0.223. The van der Waals surface area contributed by atoms with Crippen LogP contribution in [-0.4, -0.2) is 53.9 Å². The van der Waals surface area contributed by atoms with E-state index < -0.39 is 6.29 Å². The number of hydrogen-bond donors (Lipinski definition) is 4. The molecule has 1 fully saturated rings. The molecule has 0 radical (unpaired) electrons. The Balaban J connectivity index is 1.69. The summed E-state index contributed by atoms with van der Waals surface area (Å²) in [4.78, 5) is 12.2. The Labute approximate surface area is 138 Å². The predicted octanol–water partition coefficient (Wildman–Crippen LogP) is -0.0797. The van der Waals surface area contributed by atoms with Gasteiger partial charge in [0.15, 0.2) is 6.29 Å². The van der Waals surface area contributed by atoms with Crippen LogP contribution in [0.4, 0.5) is 0 Å². The zero-order valence-electron chi connectivity index (χ0n) is 13.7. The van der Waals surface area contributed by atoms with Crippen molar-refractivity contribution >= 4 is 13.3 Å². The van der Waals surface area contributed by atoms with Gasteiger partial charge in [-0.3, -0.25) is 4.79 Å².